The van der Waals surface area contributed by atoms with Gasteiger partial charge in [-0.25, -0.2) is 0 Å². The topological polar surface area (TPSA) is 177 Å². The second kappa shape index (κ2) is 9.58. The van der Waals surface area contributed by atoms with E-state index in [0.29, 0.717) is 0 Å². The van der Waals surface area contributed by atoms with E-state index in [2.05, 4.69) is 16.0 Å². The average Bonchev–Trinajstić information content (AvgIpc) is 2.43. The summed E-state index contributed by atoms with van der Waals surface area (Å²) in [5, 5.41) is 18.3. The molecule has 23 heavy (non-hydrogen) atoms. The van der Waals surface area contributed by atoms with E-state index in [4.69, 9.17) is 14.9 Å². The molecule has 0 aliphatic carbocycles. The maximum atomic E-state index is 11.8. The number of carbonyl (C=O) groups is 3. The predicted octanol–water partition coefficient (Wildman–Crippen LogP) is -3.17. The lowest BCUT2D eigenvalue weighted by atomic mass is 10.2. The molecule has 0 aliphatic rings. The number of hydrogen-bond acceptors (Lipinski definition) is 6. The van der Waals surface area contributed by atoms with E-state index in [1.807, 2.05) is 5.32 Å². The molecule has 7 N–H and O–H groups in total. The fraction of sp³-hybridized carbons (Fsp3) is 0.727. The highest BCUT2D eigenvalue weighted by atomic mass is 31.2. The Kier molecular flexibility index (Phi) is 8.95. The van der Waals surface area contributed by atoms with Gasteiger partial charge in [0.05, 0.1) is 13.2 Å². The molecule has 0 aromatic heterocycles. The highest BCUT2D eigenvalue weighted by Crippen LogP contribution is 2.39. The standard InChI is InChI=1S/C11H23N4O7P/c1-6(13-9(17)4-12-3)10(18)15-8(5-16)11(19)14-7(2)23(20,21)22/h6-8,12,16H,4-5H2,1-3H3,(H,13,17)(H,14,19)(H,15,18)(H2,20,21,22)/t6-,7+,8-/m0/s1. The zero-order valence-corrected chi connectivity index (χ0v) is 14.0. The molecule has 0 saturated heterocycles. The predicted molar refractivity (Wildman–Crippen MR) is 80.2 cm³/mol. The van der Waals surface area contributed by atoms with Gasteiger partial charge in [-0.2, -0.15) is 0 Å². The Balaban J connectivity index is 4.62. The van der Waals surface area contributed by atoms with E-state index in [0.717, 1.165) is 6.92 Å². The Morgan fingerprint density at radius 2 is 1.61 bits per heavy atom. The van der Waals surface area contributed by atoms with Crippen LogP contribution in [0, 0.1) is 0 Å². The summed E-state index contributed by atoms with van der Waals surface area (Å²) in [6, 6.07) is -2.36. The van der Waals surface area contributed by atoms with Crippen molar-refractivity contribution in [1.29, 1.82) is 0 Å². The van der Waals surface area contributed by atoms with Gasteiger partial charge in [0.15, 0.2) is 0 Å². The average molecular weight is 354 g/mol. The third-order valence-electron chi connectivity index (χ3n) is 2.78. The van der Waals surface area contributed by atoms with E-state index in [-0.39, 0.29) is 6.54 Å². The van der Waals surface area contributed by atoms with Crippen LogP contribution in [0.15, 0.2) is 0 Å². The molecule has 0 bridgehead atoms. The van der Waals surface area contributed by atoms with Crippen molar-refractivity contribution in [2.24, 2.45) is 0 Å². The van der Waals surface area contributed by atoms with E-state index < -0.39 is 49.8 Å². The number of nitrogens with one attached hydrogen (secondary N) is 4. The molecule has 0 heterocycles. The maximum absolute atomic E-state index is 11.8. The Morgan fingerprint density at radius 1 is 1.04 bits per heavy atom. The smallest absolute Gasteiger partial charge is 0.347 e. The number of hydrogen-bond donors (Lipinski definition) is 7. The molecule has 0 spiro atoms. The van der Waals surface area contributed by atoms with Gasteiger partial charge in [-0.1, -0.05) is 0 Å². The van der Waals surface area contributed by atoms with Crippen LogP contribution in [0.5, 0.6) is 0 Å². The minimum absolute atomic E-state index is 0.00132. The monoisotopic (exact) mass is 354 g/mol. The van der Waals surface area contributed by atoms with Crippen LogP contribution in [0.3, 0.4) is 0 Å². The minimum Gasteiger partial charge on any atom is -0.394 e. The summed E-state index contributed by atoms with van der Waals surface area (Å²) in [5.74, 6) is -3.58. The molecule has 0 rings (SSSR count). The van der Waals surface area contributed by atoms with Gasteiger partial charge in [-0.3, -0.25) is 18.9 Å². The molecule has 0 aliphatic heterocycles. The van der Waals surface area contributed by atoms with Gasteiger partial charge < -0.3 is 36.2 Å². The fourth-order valence-electron chi connectivity index (χ4n) is 1.40. The first-order chi connectivity index (χ1) is 10.5. The summed E-state index contributed by atoms with van der Waals surface area (Å²) in [5.41, 5.74) is 0. The second-order valence-electron chi connectivity index (χ2n) is 4.84. The first kappa shape index (κ1) is 21.5. The Bertz CT molecular complexity index is 481. The highest BCUT2D eigenvalue weighted by molar-refractivity contribution is 7.52. The van der Waals surface area contributed by atoms with Crippen LogP contribution in [-0.2, 0) is 18.9 Å². The molecule has 3 atom stereocenters. The first-order valence-corrected chi connectivity index (χ1v) is 8.41. The molecule has 0 saturated carbocycles. The van der Waals surface area contributed by atoms with Crippen molar-refractivity contribution in [1.82, 2.24) is 21.3 Å². The number of aliphatic hydroxyl groups is 1. The summed E-state index contributed by atoms with van der Waals surface area (Å²) in [6.45, 7) is 1.70. The SMILES string of the molecule is CNCC(=O)N[C@@H](C)C(=O)N[C@@H](CO)C(=O)N[C@@H](C)P(=O)(O)O. The van der Waals surface area contributed by atoms with Crippen molar-refractivity contribution < 1.29 is 33.8 Å². The van der Waals surface area contributed by atoms with Gasteiger partial charge in [-0.15, -0.1) is 0 Å². The van der Waals surface area contributed by atoms with Crippen LogP contribution < -0.4 is 21.3 Å². The van der Waals surface area contributed by atoms with Gasteiger partial charge in [0.25, 0.3) is 0 Å². The zero-order valence-electron chi connectivity index (χ0n) is 13.1. The van der Waals surface area contributed by atoms with Crippen LogP contribution in [0.2, 0.25) is 0 Å². The van der Waals surface area contributed by atoms with E-state index in [9.17, 15) is 18.9 Å². The van der Waals surface area contributed by atoms with Crippen molar-refractivity contribution in [2.75, 3.05) is 20.2 Å². The number of rotatable bonds is 9. The lowest BCUT2D eigenvalue weighted by Crippen LogP contribution is -2.55. The summed E-state index contributed by atoms with van der Waals surface area (Å²) < 4.78 is 11.0. The zero-order chi connectivity index (χ0) is 18.2. The number of amides is 3. The van der Waals surface area contributed by atoms with E-state index in [1.54, 1.807) is 7.05 Å². The first-order valence-electron chi connectivity index (χ1n) is 6.73. The number of aliphatic hydroxyl groups excluding tert-OH is 1. The third kappa shape index (κ3) is 8.05. The largest absolute Gasteiger partial charge is 0.394 e. The highest BCUT2D eigenvalue weighted by Gasteiger charge is 2.30. The van der Waals surface area contributed by atoms with Gasteiger partial charge in [0, 0.05) is 0 Å². The summed E-state index contributed by atoms with van der Waals surface area (Å²) in [6.07, 6.45) is 0. The van der Waals surface area contributed by atoms with Crippen LogP contribution in [0.1, 0.15) is 13.8 Å². The second-order valence-corrected chi connectivity index (χ2v) is 6.79. The van der Waals surface area contributed by atoms with Gasteiger partial charge in [0.2, 0.25) is 17.7 Å². The molecule has 0 radical (unpaired) electrons. The van der Waals surface area contributed by atoms with E-state index in [1.165, 1.54) is 6.92 Å². The molecule has 12 heteroatoms. The van der Waals surface area contributed by atoms with Gasteiger partial charge in [0.1, 0.15) is 17.9 Å². The molecule has 0 unspecified atom stereocenters. The van der Waals surface area contributed by atoms with Crippen molar-refractivity contribution in [3.05, 3.63) is 0 Å². The fourth-order valence-corrected chi connectivity index (χ4v) is 1.70. The van der Waals surface area contributed by atoms with E-state index >= 15 is 0 Å². The molecule has 0 fully saturated rings. The Hall–Kier alpha value is -1.52. The van der Waals surface area contributed by atoms with Gasteiger partial charge in [-0.05, 0) is 20.9 Å². The summed E-state index contributed by atoms with van der Waals surface area (Å²) in [4.78, 5) is 52.8. The van der Waals surface area contributed by atoms with Crippen molar-refractivity contribution in [2.45, 2.75) is 31.7 Å². The molecule has 3 amide bonds. The van der Waals surface area contributed by atoms with Crippen molar-refractivity contribution >= 4 is 25.3 Å². The quantitative estimate of drug-likeness (QED) is 0.212. The molecule has 0 aromatic carbocycles. The van der Waals surface area contributed by atoms with Crippen molar-refractivity contribution in [3.63, 3.8) is 0 Å². The third-order valence-corrected chi connectivity index (χ3v) is 3.92. The van der Waals surface area contributed by atoms with Crippen LogP contribution in [-0.4, -0.2) is 70.7 Å². The Labute approximate surface area is 133 Å². The van der Waals surface area contributed by atoms with Crippen LogP contribution >= 0.6 is 7.60 Å². The Morgan fingerprint density at radius 3 is 2.04 bits per heavy atom. The maximum Gasteiger partial charge on any atom is 0.347 e. The molecule has 134 valence electrons. The normalized spacial score (nSPS) is 15.2. The molecule has 0 aromatic rings. The summed E-state index contributed by atoms with van der Waals surface area (Å²) in [7, 11) is -2.98. The molecule has 11 nitrogen and oxygen atoms in total. The van der Waals surface area contributed by atoms with Crippen molar-refractivity contribution in [3.8, 4) is 0 Å². The number of likely N-dealkylation sites (N-methyl/N-ethyl adjacent to an activating group) is 1. The lowest BCUT2D eigenvalue weighted by molar-refractivity contribution is -0.132. The lowest BCUT2D eigenvalue weighted by Gasteiger charge is -2.22. The minimum atomic E-state index is -4.53. The van der Waals surface area contributed by atoms with Crippen LogP contribution in [0.4, 0.5) is 0 Å². The summed E-state index contributed by atoms with van der Waals surface area (Å²) >= 11 is 0. The molecular weight excluding hydrogens is 331 g/mol. The van der Waals surface area contributed by atoms with Gasteiger partial charge >= 0.3 is 7.60 Å². The molecular formula is C11H23N4O7P. The van der Waals surface area contributed by atoms with Crippen LogP contribution in [0.25, 0.3) is 0 Å². The number of carbonyl (C=O) groups excluding carboxylic acids is 3.